The standard InChI is InChI=1S/C13H18FN3O2S/c1-8-7-9(14)3-4-10(8)16-12(18)11(5-6-20-2)17-13(15)19/h3-4,7,11H,5-6H2,1-2H3,(H,16,18)(H3,15,17,19)/t11-/m1/s1. The number of hydrogen-bond acceptors (Lipinski definition) is 3. The Morgan fingerprint density at radius 2 is 2.15 bits per heavy atom. The van der Waals surface area contributed by atoms with Crippen LogP contribution in [0.4, 0.5) is 14.9 Å². The summed E-state index contributed by atoms with van der Waals surface area (Å²) in [6, 6.07) is 2.62. The van der Waals surface area contributed by atoms with Gasteiger partial charge in [-0.1, -0.05) is 0 Å². The number of amides is 3. The number of nitrogens with two attached hydrogens (primary N) is 1. The third-order valence-corrected chi connectivity index (χ3v) is 3.33. The molecule has 5 nitrogen and oxygen atoms in total. The molecule has 0 fully saturated rings. The molecule has 1 aromatic carbocycles. The molecule has 0 aliphatic rings. The Morgan fingerprint density at radius 3 is 2.70 bits per heavy atom. The number of nitrogens with one attached hydrogen (secondary N) is 2. The molecule has 0 unspecified atom stereocenters. The van der Waals surface area contributed by atoms with Gasteiger partial charge in [0.25, 0.3) is 0 Å². The van der Waals surface area contributed by atoms with Crippen LogP contribution in [0.25, 0.3) is 0 Å². The molecule has 0 aliphatic heterocycles. The van der Waals surface area contributed by atoms with Gasteiger partial charge in [-0.15, -0.1) is 0 Å². The van der Waals surface area contributed by atoms with Crippen LogP contribution in [0.15, 0.2) is 18.2 Å². The summed E-state index contributed by atoms with van der Waals surface area (Å²) in [5.74, 6) is -0.0249. The molecule has 0 spiro atoms. The highest BCUT2D eigenvalue weighted by atomic mass is 32.2. The lowest BCUT2D eigenvalue weighted by atomic mass is 10.1. The van der Waals surface area contributed by atoms with E-state index >= 15 is 0 Å². The monoisotopic (exact) mass is 299 g/mol. The Bertz CT molecular complexity index is 497. The molecule has 0 saturated carbocycles. The highest BCUT2D eigenvalue weighted by Crippen LogP contribution is 2.16. The van der Waals surface area contributed by atoms with Crippen LogP contribution >= 0.6 is 11.8 Å². The van der Waals surface area contributed by atoms with Crippen molar-refractivity contribution in [1.82, 2.24) is 5.32 Å². The van der Waals surface area contributed by atoms with Gasteiger partial charge in [0, 0.05) is 5.69 Å². The quantitative estimate of drug-likeness (QED) is 0.749. The van der Waals surface area contributed by atoms with Gasteiger partial charge in [0.15, 0.2) is 0 Å². The van der Waals surface area contributed by atoms with Gasteiger partial charge in [-0.25, -0.2) is 9.18 Å². The first-order valence-corrected chi connectivity index (χ1v) is 7.45. The Kier molecular flexibility index (Phi) is 6.30. The van der Waals surface area contributed by atoms with Gasteiger partial charge in [-0.05, 0) is 49.1 Å². The number of aryl methyl sites for hydroxylation is 1. The fourth-order valence-corrected chi connectivity index (χ4v) is 2.13. The number of anilines is 1. The number of benzene rings is 1. The summed E-state index contributed by atoms with van der Waals surface area (Å²) in [5, 5.41) is 5.07. The van der Waals surface area contributed by atoms with Crippen molar-refractivity contribution in [2.45, 2.75) is 19.4 Å². The third kappa shape index (κ3) is 5.08. The normalized spacial score (nSPS) is 11.8. The van der Waals surface area contributed by atoms with E-state index < -0.39 is 12.1 Å². The fraction of sp³-hybridized carbons (Fsp3) is 0.385. The SMILES string of the molecule is CSCC[C@@H](NC(N)=O)C(=O)Nc1ccc(F)cc1C. The molecule has 1 aromatic rings. The summed E-state index contributed by atoms with van der Waals surface area (Å²) < 4.78 is 13.0. The lowest BCUT2D eigenvalue weighted by molar-refractivity contribution is -0.117. The van der Waals surface area contributed by atoms with Crippen molar-refractivity contribution < 1.29 is 14.0 Å². The van der Waals surface area contributed by atoms with E-state index in [4.69, 9.17) is 5.73 Å². The molecule has 4 N–H and O–H groups in total. The molecule has 7 heteroatoms. The zero-order valence-electron chi connectivity index (χ0n) is 11.4. The number of thioether (sulfide) groups is 1. The second-order valence-electron chi connectivity index (χ2n) is 4.29. The van der Waals surface area contributed by atoms with Gasteiger partial charge in [-0.3, -0.25) is 4.79 Å². The lowest BCUT2D eigenvalue weighted by Crippen LogP contribution is -2.46. The molecular weight excluding hydrogens is 281 g/mol. The van der Waals surface area contributed by atoms with Crippen LogP contribution in [-0.4, -0.2) is 30.0 Å². The van der Waals surface area contributed by atoms with Gasteiger partial charge in [0.05, 0.1) is 0 Å². The van der Waals surface area contributed by atoms with Crippen molar-refractivity contribution in [2.75, 3.05) is 17.3 Å². The van der Waals surface area contributed by atoms with Crippen LogP contribution in [0.2, 0.25) is 0 Å². The highest BCUT2D eigenvalue weighted by Gasteiger charge is 2.19. The van der Waals surface area contributed by atoms with E-state index in [2.05, 4.69) is 10.6 Å². The summed E-state index contributed by atoms with van der Waals surface area (Å²) in [7, 11) is 0. The van der Waals surface area contributed by atoms with Crippen LogP contribution in [0.5, 0.6) is 0 Å². The van der Waals surface area contributed by atoms with Crippen molar-refractivity contribution in [1.29, 1.82) is 0 Å². The minimum Gasteiger partial charge on any atom is -0.352 e. The average Bonchev–Trinajstić information content (AvgIpc) is 2.37. The highest BCUT2D eigenvalue weighted by molar-refractivity contribution is 7.98. The predicted octanol–water partition coefficient (Wildman–Crippen LogP) is 1.86. The van der Waals surface area contributed by atoms with Crippen molar-refractivity contribution in [3.05, 3.63) is 29.6 Å². The maximum absolute atomic E-state index is 13.0. The zero-order valence-corrected chi connectivity index (χ0v) is 12.2. The minimum atomic E-state index is -0.748. The largest absolute Gasteiger partial charge is 0.352 e. The molecule has 1 rings (SSSR count). The van der Waals surface area contributed by atoms with Crippen LogP contribution in [0, 0.1) is 12.7 Å². The number of urea groups is 1. The second-order valence-corrected chi connectivity index (χ2v) is 5.28. The van der Waals surface area contributed by atoms with Gasteiger partial charge < -0.3 is 16.4 Å². The van der Waals surface area contributed by atoms with E-state index in [1.54, 1.807) is 18.7 Å². The molecule has 1 atom stereocenters. The van der Waals surface area contributed by atoms with Crippen LogP contribution < -0.4 is 16.4 Å². The molecule has 3 amide bonds. The smallest absolute Gasteiger partial charge is 0.312 e. The number of carbonyl (C=O) groups is 2. The number of carbonyl (C=O) groups excluding carboxylic acids is 2. The van der Waals surface area contributed by atoms with Crippen molar-refractivity contribution in [3.63, 3.8) is 0 Å². The molecule has 20 heavy (non-hydrogen) atoms. The summed E-state index contributed by atoms with van der Waals surface area (Å²) in [6.07, 6.45) is 2.37. The Labute approximate surface area is 121 Å². The van der Waals surface area contributed by atoms with Crippen LogP contribution in [0.3, 0.4) is 0 Å². The van der Waals surface area contributed by atoms with Gasteiger partial charge in [0.2, 0.25) is 5.91 Å². The number of halogens is 1. The number of primary amides is 1. The second kappa shape index (κ2) is 7.74. The molecule has 0 heterocycles. The van der Waals surface area contributed by atoms with E-state index in [-0.39, 0.29) is 11.7 Å². The number of rotatable bonds is 6. The molecule has 0 radical (unpaired) electrons. The van der Waals surface area contributed by atoms with Gasteiger partial charge in [0.1, 0.15) is 11.9 Å². The average molecular weight is 299 g/mol. The van der Waals surface area contributed by atoms with E-state index in [0.717, 1.165) is 0 Å². The first-order valence-electron chi connectivity index (χ1n) is 6.06. The Hall–Kier alpha value is -1.76. The van der Waals surface area contributed by atoms with Gasteiger partial charge in [-0.2, -0.15) is 11.8 Å². The maximum atomic E-state index is 13.0. The number of hydrogen-bond donors (Lipinski definition) is 3. The topological polar surface area (TPSA) is 84.2 Å². The lowest BCUT2D eigenvalue weighted by Gasteiger charge is -2.17. The third-order valence-electron chi connectivity index (χ3n) is 2.69. The van der Waals surface area contributed by atoms with Crippen LogP contribution in [-0.2, 0) is 4.79 Å². The molecule has 0 aliphatic carbocycles. The first-order chi connectivity index (χ1) is 9.43. The maximum Gasteiger partial charge on any atom is 0.312 e. The Morgan fingerprint density at radius 1 is 1.45 bits per heavy atom. The minimum absolute atomic E-state index is 0.366. The van der Waals surface area contributed by atoms with Gasteiger partial charge >= 0.3 is 6.03 Å². The molecule has 0 bridgehead atoms. The van der Waals surface area contributed by atoms with E-state index in [0.29, 0.717) is 23.4 Å². The first kappa shape index (κ1) is 16.3. The van der Waals surface area contributed by atoms with Crippen molar-refractivity contribution in [2.24, 2.45) is 5.73 Å². The van der Waals surface area contributed by atoms with Crippen molar-refractivity contribution >= 4 is 29.4 Å². The van der Waals surface area contributed by atoms with E-state index in [1.807, 2.05) is 6.26 Å². The summed E-state index contributed by atoms with van der Waals surface area (Å²) in [4.78, 5) is 23.0. The predicted molar refractivity (Wildman–Crippen MR) is 79.3 cm³/mol. The zero-order chi connectivity index (χ0) is 15.1. The summed E-state index contributed by atoms with van der Waals surface area (Å²) in [6.45, 7) is 1.69. The molecule has 0 aromatic heterocycles. The summed E-state index contributed by atoms with van der Waals surface area (Å²) >= 11 is 1.56. The van der Waals surface area contributed by atoms with Crippen LogP contribution in [0.1, 0.15) is 12.0 Å². The fourth-order valence-electron chi connectivity index (χ4n) is 1.66. The molecule has 0 saturated heterocycles. The molecule has 110 valence electrons. The van der Waals surface area contributed by atoms with E-state index in [9.17, 15) is 14.0 Å². The van der Waals surface area contributed by atoms with E-state index in [1.165, 1.54) is 18.2 Å². The summed E-state index contributed by atoms with van der Waals surface area (Å²) in [5.41, 5.74) is 6.18. The van der Waals surface area contributed by atoms with Crippen molar-refractivity contribution in [3.8, 4) is 0 Å². The molecular formula is C13H18FN3O2S. The Balaban J connectivity index is 2.76.